The first kappa shape index (κ1) is 14.5. The highest BCUT2D eigenvalue weighted by molar-refractivity contribution is 7.90. The van der Waals surface area contributed by atoms with Crippen molar-refractivity contribution in [2.24, 2.45) is 0 Å². The maximum absolute atomic E-state index is 11.8. The first-order valence-corrected chi connectivity index (χ1v) is 7.23. The molecular formula is C12H17NO4S. The minimum atomic E-state index is -3.47. The Kier molecular flexibility index (Phi) is 3.71. The van der Waals surface area contributed by atoms with Crippen LogP contribution in [0, 0.1) is 0 Å². The number of sulfone groups is 1. The summed E-state index contributed by atoms with van der Waals surface area (Å²) >= 11 is 0. The van der Waals surface area contributed by atoms with E-state index in [-0.39, 0.29) is 16.1 Å². The Morgan fingerprint density at radius 2 is 1.83 bits per heavy atom. The van der Waals surface area contributed by atoms with Gasteiger partial charge in [0.1, 0.15) is 5.60 Å². The molecule has 0 aromatic heterocycles. The van der Waals surface area contributed by atoms with E-state index < -0.39 is 21.4 Å². The van der Waals surface area contributed by atoms with Crippen molar-refractivity contribution in [2.45, 2.75) is 31.3 Å². The van der Waals surface area contributed by atoms with Gasteiger partial charge in [-0.05, 0) is 39.0 Å². The summed E-state index contributed by atoms with van der Waals surface area (Å²) in [5.41, 5.74) is 5.22. The van der Waals surface area contributed by atoms with E-state index in [9.17, 15) is 13.2 Å². The van der Waals surface area contributed by atoms with Gasteiger partial charge in [-0.3, -0.25) is 0 Å². The van der Waals surface area contributed by atoms with E-state index in [4.69, 9.17) is 10.5 Å². The van der Waals surface area contributed by atoms with Crippen LogP contribution in [0.15, 0.2) is 23.1 Å². The molecule has 0 radical (unpaired) electrons. The quantitative estimate of drug-likeness (QED) is 0.652. The van der Waals surface area contributed by atoms with Gasteiger partial charge in [-0.1, -0.05) is 0 Å². The molecule has 1 rings (SSSR count). The minimum Gasteiger partial charge on any atom is -0.456 e. The van der Waals surface area contributed by atoms with Gasteiger partial charge in [-0.2, -0.15) is 0 Å². The van der Waals surface area contributed by atoms with Crippen molar-refractivity contribution < 1.29 is 17.9 Å². The molecule has 0 fully saturated rings. The number of nitrogens with two attached hydrogens (primary N) is 1. The Balaban J connectivity index is 3.18. The van der Waals surface area contributed by atoms with Gasteiger partial charge >= 0.3 is 5.97 Å². The normalized spacial score (nSPS) is 12.2. The topological polar surface area (TPSA) is 86.5 Å². The summed E-state index contributed by atoms with van der Waals surface area (Å²) in [5.74, 6) is -0.576. The third kappa shape index (κ3) is 3.73. The van der Waals surface area contributed by atoms with Crippen molar-refractivity contribution in [3.05, 3.63) is 23.8 Å². The molecule has 0 unspecified atom stereocenters. The van der Waals surface area contributed by atoms with Gasteiger partial charge < -0.3 is 10.5 Å². The lowest BCUT2D eigenvalue weighted by Gasteiger charge is -2.19. The van der Waals surface area contributed by atoms with E-state index in [1.165, 1.54) is 18.2 Å². The van der Waals surface area contributed by atoms with Gasteiger partial charge in [0.15, 0.2) is 9.84 Å². The van der Waals surface area contributed by atoms with Crippen LogP contribution in [0.1, 0.15) is 31.1 Å². The lowest BCUT2D eigenvalue weighted by Crippen LogP contribution is -2.24. The van der Waals surface area contributed by atoms with Gasteiger partial charge in [-0.15, -0.1) is 0 Å². The third-order valence-corrected chi connectivity index (χ3v) is 3.20. The maximum Gasteiger partial charge on any atom is 0.338 e. The summed E-state index contributed by atoms with van der Waals surface area (Å²) in [6.45, 7) is 5.21. The first-order chi connectivity index (χ1) is 8.00. The van der Waals surface area contributed by atoms with Gasteiger partial charge in [0.2, 0.25) is 0 Å². The zero-order valence-electron chi connectivity index (χ0n) is 10.9. The molecule has 0 saturated heterocycles. The molecule has 2 N–H and O–H groups in total. The maximum atomic E-state index is 11.8. The van der Waals surface area contributed by atoms with Crippen LogP contribution in [0.25, 0.3) is 0 Å². The highest BCUT2D eigenvalue weighted by Gasteiger charge is 2.20. The summed E-state index contributed by atoms with van der Waals surface area (Å²) in [6.07, 6.45) is 1.04. The summed E-state index contributed by atoms with van der Waals surface area (Å²) in [5, 5.41) is 0. The van der Waals surface area contributed by atoms with Crippen LogP contribution in [0.3, 0.4) is 0 Å². The number of carbonyl (C=O) groups excluding carboxylic acids is 1. The average molecular weight is 271 g/mol. The Morgan fingerprint density at radius 3 is 2.28 bits per heavy atom. The van der Waals surface area contributed by atoms with Gasteiger partial charge in [-0.25, -0.2) is 13.2 Å². The van der Waals surface area contributed by atoms with Crippen molar-refractivity contribution in [1.29, 1.82) is 0 Å². The molecule has 0 heterocycles. The second-order valence-corrected chi connectivity index (χ2v) is 7.01. The summed E-state index contributed by atoms with van der Waals surface area (Å²) < 4.78 is 28.1. The third-order valence-electron chi connectivity index (χ3n) is 2.05. The predicted octanol–water partition coefficient (Wildman–Crippen LogP) is 1.63. The van der Waals surface area contributed by atoms with Crippen molar-refractivity contribution in [2.75, 3.05) is 12.0 Å². The molecule has 5 nitrogen and oxygen atoms in total. The van der Waals surface area contributed by atoms with E-state index >= 15 is 0 Å². The zero-order valence-corrected chi connectivity index (χ0v) is 11.7. The van der Waals surface area contributed by atoms with Crippen LogP contribution >= 0.6 is 0 Å². The van der Waals surface area contributed by atoms with E-state index in [2.05, 4.69) is 0 Å². The number of ether oxygens (including phenoxy) is 1. The molecule has 0 aliphatic heterocycles. The van der Waals surface area contributed by atoms with Crippen LogP contribution in [-0.2, 0) is 14.6 Å². The van der Waals surface area contributed by atoms with Crippen LogP contribution in [-0.4, -0.2) is 26.2 Å². The standard InChI is InChI=1S/C12H17NO4S/c1-12(2,3)17-11(14)8-5-6-9(13)10(7-8)18(4,15)16/h5-7H,13H2,1-4H3. The van der Waals surface area contributed by atoms with Crippen LogP contribution < -0.4 is 5.73 Å². The van der Waals surface area contributed by atoms with Crippen LogP contribution in [0.2, 0.25) is 0 Å². The largest absolute Gasteiger partial charge is 0.456 e. The van der Waals surface area contributed by atoms with Crippen molar-refractivity contribution in [3.63, 3.8) is 0 Å². The molecule has 0 aliphatic rings. The fourth-order valence-corrected chi connectivity index (χ4v) is 2.16. The fraction of sp³-hybridized carbons (Fsp3) is 0.417. The summed E-state index contributed by atoms with van der Waals surface area (Å²) in [6, 6.07) is 4.06. The molecule has 0 bridgehead atoms. The monoisotopic (exact) mass is 271 g/mol. The number of carbonyl (C=O) groups is 1. The minimum absolute atomic E-state index is 0.0640. The van der Waals surface area contributed by atoms with E-state index in [1.807, 2.05) is 0 Å². The number of rotatable bonds is 2. The number of esters is 1. The fourth-order valence-electron chi connectivity index (χ4n) is 1.32. The molecule has 1 aromatic carbocycles. The average Bonchev–Trinajstić information content (AvgIpc) is 2.13. The molecular weight excluding hydrogens is 254 g/mol. The number of hydrogen-bond acceptors (Lipinski definition) is 5. The van der Waals surface area contributed by atoms with Crippen molar-refractivity contribution in [3.8, 4) is 0 Å². The predicted molar refractivity (Wildman–Crippen MR) is 69.1 cm³/mol. The number of hydrogen-bond donors (Lipinski definition) is 1. The molecule has 0 amide bonds. The number of anilines is 1. The second kappa shape index (κ2) is 4.61. The Morgan fingerprint density at radius 1 is 1.28 bits per heavy atom. The molecule has 6 heteroatoms. The SMILES string of the molecule is CC(C)(C)OC(=O)c1ccc(N)c(S(C)(=O)=O)c1. The Hall–Kier alpha value is -1.56. The zero-order chi connectivity index (χ0) is 14.1. The van der Waals surface area contributed by atoms with E-state index in [0.717, 1.165) is 6.26 Å². The lowest BCUT2D eigenvalue weighted by molar-refractivity contribution is 0.00693. The van der Waals surface area contributed by atoms with Crippen molar-refractivity contribution in [1.82, 2.24) is 0 Å². The number of benzene rings is 1. The molecule has 0 aliphatic carbocycles. The van der Waals surface area contributed by atoms with Gasteiger partial charge in [0.05, 0.1) is 16.1 Å². The van der Waals surface area contributed by atoms with Gasteiger partial charge in [0, 0.05) is 6.26 Å². The molecule has 0 saturated carbocycles. The number of nitrogen functional groups attached to an aromatic ring is 1. The smallest absolute Gasteiger partial charge is 0.338 e. The van der Waals surface area contributed by atoms with Crippen LogP contribution in [0.5, 0.6) is 0 Å². The second-order valence-electron chi connectivity index (χ2n) is 5.03. The van der Waals surface area contributed by atoms with Crippen LogP contribution in [0.4, 0.5) is 5.69 Å². The molecule has 0 atom stereocenters. The lowest BCUT2D eigenvalue weighted by atomic mass is 10.1. The Bertz CT molecular complexity index is 570. The molecule has 1 aromatic rings. The molecule has 0 spiro atoms. The van der Waals surface area contributed by atoms with Gasteiger partial charge in [0.25, 0.3) is 0 Å². The highest BCUT2D eigenvalue weighted by atomic mass is 32.2. The molecule has 100 valence electrons. The highest BCUT2D eigenvalue weighted by Crippen LogP contribution is 2.21. The van der Waals surface area contributed by atoms with E-state index in [0.29, 0.717) is 0 Å². The van der Waals surface area contributed by atoms with Crippen molar-refractivity contribution >= 4 is 21.5 Å². The molecule has 18 heavy (non-hydrogen) atoms. The summed E-state index contributed by atoms with van der Waals surface area (Å²) in [7, 11) is -3.47. The first-order valence-electron chi connectivity index (χ1n) is 5.33. The summed E-state index contributed by atoms with van der Waals surface area (Å²) in [4.78, 5) is 11.7. The van der Waals surface area contributed by atoms with E-state index in [1.54, 1.807) is 20.8 Å². The Labute approximate surface area is 107 Å².